The van der Waals surface area contributed by atoms with E-state index in [1.54, 1.807) is 0 Å². The van der Waals surface area contributed by atoms with E-state index in [-0.39, 0.29) is 0 Å². The Hall–Kier alpha value is -0.740. The lowest BCUT2D eigenvalue weighted by atomic mass is 10.2. The maximum absolute atomic E-state index is 5.43. The summed E-state index contributed by atoms with van der Waals surface area (Å²) in [6.45, 7) is 0. The third-order valence-electron chi connectivity index (χ3n) is 3.13. The van der Waals surface area contributed by atoms with Gasteiger partial charge in [-0.05, 0) is 42.9 Å². The van der Waals surface area contributed by atoms with Crippen LogP contribution in [0.25, 0.3) is 11.0 Å². The molecule has 84 valence electrons. The number of imidazole rings is 1. The summed E-state index contributed by atoms with van der Waals surface area (Å²) < 4.78 is 3.17. The van der Waals surface area contributed by atoms with Gasteiger partial charge in [0.2, 0.25) is 0 Å². The molecule has 16 heavy (non-hydrogen) atoms. The van der Waals surface area contributed by atoms with Crippen molar-refractivity contribution in [2.24, 2.45) is 0 Å². The van der Waals surface area contributed by atoms with Crippen LogP contribution < -0.4 is 0 Å². The zero-order valence-corrected chi connectivity index (χ0v) is 10.6. The first-order valence-corrected chi connectivity index (χ1v) is 7.19. The third kappa shape index (κ3) is 1.70. The molecule has 0 saturated carbocycles. The first-order valence-electron chi connectivity index (χ1n) is 5.63. The SMILES string of the molecule is S=c1[nH]c2ccccc2n1C1CCCSC1. The van der Waals surface area contributed by atoms with Crippen LogP contribution in [0.4, 0.5) is 0 Å². The van der Waals surface area contributed by atoms with Gasteiger partial charge in [-0.1, -0.05) is 12.1 Å². The molecule has 0 radical (unpaired) electrons. The maximum atomic E-state index is 5.43. The van der Waals surface area contributed by atoms with Crippen LogP contribution >= 0.6 is 24.0 Å². The average Bonchev–Trinajstić information content (AvgIpc) is 2.66. The van der Waals surface area contributed by atoms with Crippen LogP contribution in [0, 0.1) is 4.77 Å². The van der Waals surface area contributed by atoms with E-state index in [0.717, 1.165) is 10.3 Å². The number of thioether (sulfide) groups is 1. The molecule has 1 atom stereocenters. The van der Waals surface area contributed by atoms with Crippen LogP contribution in [0.1, 0.15) is 18.9 Å². The maximum Gasteiger partial charge on any atom is 0.178 e. The van der Waals surface area contributed by atoms with Crippen molar-refractivity contribution in [3.8, 4) is 0 Å². The number of nitrogens with zero attached hydrogens (tertiary/aromatic N) is 1. The summed E-state index contributed by atoms with van der Waals surface area (Å²) in [5.74, 6) is 2.49. The fourth-order valence-corrected chi connectivity index (χ4v) is 3.85. The summed E-state index contributed by atoms with van der Waals surface area (Å²) in [5, 5.41) is 0. The highest BCUT2D eigenvalue weighted by molar-refractivity contribution is 7.99. The molecule has 1 aromatic heterocycles. The standard InChI is InChI=1S/C12H14N2S2/c15-12-13-10-5-1-2-6-11(10)14(12)9-4-3-7-16-8-9/h1-2,5-6,9H,3-4,7-8H2,(H,13,15). The van der Waals surface area contributed by atoms with Gasteiger partial charge in [0.15, 0.2) is 4.77 Å². The molecule has 2 heterocycles. The third-order valence-corrected chi connectivity index (χ3v) is 4.62. The highest BCUT2D eigenvalue weighted by Gasteiger charge is 2.18. The number of fused-ring (bicyclic) bond motifs is 1. The van der Waals surface area contributed by atoms with Crippen LogP contribution in [0.3, 0.4) is 0 Å². The molecule has 1 aliphatic rings. The number of nitrogens with one attached hydrogen (secondary N) is 1. The largest absolute Gasteiger partial charge is 0.331 e. The minimum Gasteiger partial charge on any atom is -0.331 e. The molecular formula is C12H14N2S2. The van der Waals surface area contributed by atoms with Gasteiger partial charge in [0.05, 0.1) is 11.0 Å². The number of H-pyrrole nitrogens is 1. The van der Waals surface area contributed by atoms with Crippen molar-refractivity contribution in [3.63, 3.8) is 0 Å². The normalized spacial score (nSPS) is 21.4. The van der Waals surface area contributed by atoms with Crippen molar-refractivity contribution in [3.05, 3.63) is 29.0 Å². The monoisotopic (exact) mass is 250 g/mol. The van der Waals surface area contributed by atoms with Crippen LogP contribution in [0.5, 0.6) is 0 Å². The summed E-state index contributed by atoms with van der Waals surface area (Å²) >= 11 is 7.47. The van der Waals surface area contributed by atoms with E-state index in [1.165, 1.54) is 29.9 Å². The number of para-hydroxylation sites is 2. The molecule has 3 rings (SSSR count). The number of aromatic amines is 1. The molecule has 1 aliphatic heterocycles. The molecule has 1 fully saturated rings. The van der Waals surface area contributed by atoms with Crippen molar-refractivity contribution in [1.82, 2.24) is 9.55 Å². The van der Waals surface area contributed by atoms with Crippen molar-refractivity contribution in [2.45, 2.75) is 18.9 Å². The van der Waals surface area contributed by atoms with Gasteiger partial charge in [0, 0.05) is 11.8 Å². The van der Waals surface area contributed by atoms with Crippen LogP contribution in [-0.2, 0) is 0 Å². The van der Waals surface area contributed by atoms with E-state index in [2.05, 4.69) is 27.8 Å². The van der Waals surface area contributed by atoms with Gasteiger partial charge in [-0.15, -0.1) is 0 Å². The number of hydrogen-bond acceptors (Lipinski definition) is 2. The Balaban J connectivity index is 2.14. The second-order valence-corrected chi connectivity index (χ2v) is 5.72. The summed E-state index contributed by atoms with van der Waals surface area (Å²) in [6.07, 6.45) is 2.56. The number of benzene rings is 1. The Morgan fingerprint density at radius 3 is 3.06 bits per heavy atom. The van der Waals surface area contributed by atoms with Gasteiger partial charge in [-0.25, -0.2) is 0 Å². The molecule has 4 heteroatoms. The van der Waals surface area contributed by atoms with E-state index in [0.29, 0.717) is 6.04 Å². The summed E-state index contributed by atoms with van der Waals surface area (Å²) in [6, 6.07) is 8.95. The van der Waals surface area contributed by atoms with Gasteiger partial charge in [-0.2, -0.15) is 11.8 Å². The number of rotatable bonds is 1. The van der Waals surface area contributed by atoms with Crippen LogP contribution in [-0.4, -0.2) is 21.1 Å². The van der Waals surface area contributed by atoms with Gasteiger partial charge >= 0.3 is 0 Å². The lowest BCUT2D eigenvalue weighted by molar-refractivity contribution is 0.506. The van der Waals surface area contributed by atoms with E-state index in [4.69, 9.17) is 12.2 Å². The molecule has 1 N–H and O–H groups in total. The first-order chi connectivity index (χ1) is 7.86. The molecule has 1 unspecified atom stereocenters. The van der Waals surface area contributed by atoms with Crippen molar-refractivity contribution < 1.29 is 0 Å². The molecule has 0 bridgehead atoms. The zero-order chi connectivity index (χ0) is 11.0. The molecular weight excluding hydrogens is 236 g/mol. The Morgan fingerprint density at radius 1 is 1.38 bits per heavy atom. The molecule has 1 aromatic carbocycles. The van der Waals surface area contributed by atoms with Gasteiger partial charge in [0.25, 0.3) is 0 Å². The van der Waals surface area contributed by atoms with Crippen LogP contribution in [0.2, 0.25) is 0 Å². The highest BCUT2D eigenvalue weighted by Crippen LogP contribution is 2.29. The molecule has 2 nitrogen and oxygen atoms in total. The van der Waals surface area contributed by atoms with E-state index < -0.39 is 0 Å². The quantitative estimate of drug-likeness (QED) is 0.778. The molecule has 2 aromatic rings. The zero-order valence-electron chi connectivity index (χ0n) is 8.98. The Morgan fingerprint density at radius 2 is 2.25 bits per heavy atom. The molecule has 0 spiro atoms. The second-order valence-electron chi connectivity index (χ2n) is 4.19. The first kappa shape index (κ1) is 10.4. The topological polar surface area (TPSA) is 20.7 Å². The summed E-state index contributed by atoms with van der Waals surface area (Å²) in [7, 11) is 0. The molecule has 1 saturated heterocycles. The molecule has 0 amide bonds. The Bertz CT molecular complexity index is 549. The van der Waals surface area contributed by atoms with Gasteiger partial charge < -0.3 is 9.55 Å². The van der Waals surface area contributed by atoms with Crippen LogP contribution in [0.15, 0.2) is 24.3 Å². The predicted octanol–water partition coefficient (Wildman–Crippen LogP) is 3.77. The van der Waals surface area contributed by atoms with Gasteiger partial charge in [-0.3, -0.25) is 0 Å². The fraction of sp³-hybridized carbons (Fsp3) is 0.417. The number of aromatic nitrogens is 2. The Labute approximate surface area is 104 Å². The lowest BCUT2D eigenvalue weighted by Crippen LogP contribution is -2.16. The minimum atomic E-state index is 0.572. The fourth-order valence-electron chi connectivity index (χ4n) is 2.36. The van der Waals surface area contributed by atoms with E-state index >= 15 is 0 Å². The predicted molar refractivity (Wildman–Crippen MR) is 72.7 cm³/mol. The summed E-state index contributed by atoms with van der Waals surface area (Å²) in [4.78, 5) is 3.29. The smallest absolute Gasteiger partial charge is 0.178 e. The average molecular weight is 250 g/mol. The van der Waals surface area contributed by atoms with Gasteiger partial charge in [0.1, 0.15) is 0 Å². The summed E-state index contributed by atoms with van der Waals surface area (Å²) in [5.41, 5.74) is 2.41. The second kappa shape index (κ2) is 4.26. The van der Waals surface area contributed by atoms with E-state index in [1.807, 2.05) is 17.8 Å². The van der Waals surface area contributed by atoms with Crippen molar-refractivity contribution in [2.75, 3.05) is 11.5 Å². The Kier molecular flexibility index (Phi) is 2.77. The van der Waals surface area contributed by atoms with Crippen molar-refractivity contribution in [1.29, 1.82) is 0 Å². The van der Waals surface area contributed by atoms with Crippen molar-refractivity contribution >= 4 is 35.0 Å². The number of hydrogen-bond donors (Lipinski definition) is 1. The minimum absolute atomic E-state index is 0.572. The lowest BCUT2D eigenvalue weighted by Gasteiger charge is -2.23. The molecule has 0 aliphatic carbocycles. The highest BCUT2D eigenvalue weighted by atomic mass is 32.2. The van der Waals surface area contributed by atoms with E-state index in [9.17, 15) is 0 Å².